The van der Waals surface area contributed by atoms with E-state index in [1.165, 1.54) is 32.1 Å². The average molecular weight is 235 g/mol. The molecule has 1 heterocycles. The summed E-state index contributed by atoms with van der Waals surface area (Å²) in [6, 6.07) is 2.71. The molecule has 0 aromatic carbocycles. The molecule has 0 amide bonds. The van der Waals surface area contributed by atoms with E-state index in [1.54, 1.807) is 0 Å². The second kappa shape index (κ2) is 6.37. The second-order valence-electron chi connectivity index (χ2n) is 5.72. The zero-order chi connectivity index (χ0) is 12.1. The molecule has 0 spiro atoms. The Morgan fingerprint density at radius 1 is 1.12 bits per heavy atom. The molecular weight excluding hydrogens is 210 g/mol. The number of piperazine rings is 1. The molecular formula is C14H25N3. The van der Waals surface area contributed by atoms with E-state index >= 15 is 0 Å². The van der Waals surface area contributed by atoms with Gasteiger partial charge in [-0.2, -0.15) is 5.26 Å². The van der Waals surface area contributed by atoms with Crippen molar-refractivity contribution in [2.75, 3.05) is 33.2 Å². The number of likely N-dealkylation sites (N-methyl/N-ethyl adjacent to an activating group) is 1. The van der Waals surface area contributed by atoms with Gasteiger partial charge >= 0.3 is 0 Å². The summed E-state index contributed by atoms with van der Waals surface area (Å²) in [5.41, 5.74) is 0. The molecule has 1 aliphatic heterocycles. The summed E-state index contributed by atoms with van der Waals surface area (Å²) in [4.78, 5) is 4.75. The zero-order valence-corrected chi connectivity index (χ0v) is 11.1. The van der Waals surface area contributed by atoms with Crippen molar-refractivity contribution < 1.29 is 0 Å². The lowest BCUT2D eigenvalue weighted by Crippen LogP contribution is -2.49. The highest BCUT2D eigenvalue weighted by molar-refractivity contribution is 4.95. The van der Waals surface area contributed by atoms with Crippen LogP contribution in [-0.2, 0) is 0 Å². The monoisotopic (exact) mass is 235 g/mol. The SMILES string of the molecule is CN1CCN(C(C#N)CC2CCCCC2)CC1. The number of nitriles is 1. The van der Waals surface area contributed by atoms with E-state index in [0.29, 0.717) is 0 Å². The van der Waals surface area contributed by atoms with Gasteiger partial charge in [-0.25, -0.2) is 0 Å². The summed E-state index contributed by atoms with van der Waals surface area (Å²) in [6.07, 6.45) is 7.98. The molecule has 0 bridgehead atoms. The van der Waals surface area contributed by atoms with Crippen molar-refractivity contribution in [3.63, 3.8) is 0 Å². The maximum Gasteiger partial charge on any atom is 0.0981 e. The van der Waals surface area contributed by atoms with Crippen LogP contribution >= 0.6 is 0 Å². The predicted octanol–water partition coefficient (Wildman–Crippen LogP) is 2.10. The summed E-state index contributed by atoms with van der Waals surface area (Å²) >= 11 is 0. The first kappa shape index (κ1) is 12.9. The quantitative estimate of drug-likeness (QED) is 0.750. The van der Waals surface area contributed by atoms with Crippen molar-refractivity contribution in [1.82, 2.24) is 9.80 Å². The van der Waals surface area contributed by atoms with Gasteiger partial charge in [0.15, 0.2) is 0 Å². The number of nitrogens with zero attached hydrogens (tertiary/aromatic N) is 3. The molecule has 0 radical (unpaired) electrons. The van der Waals surface area contributed by atoms with Crippen molar-refractivity contribution in [3.05, 3.63) is 0 Å². The second-order valence-corrected chi connectivity index (χ2v) is 5.72. The summed E-state index contributed by atoms with van der Waals surface area (Å²) in [7, 11) is 2.17. The molecule has 3 heteroatoms. The van der Waals surface area contributed by atoms with Crippen molar-refractivity contribution in [2.45, 2.75) is 44.6 Å². The lowest BCUT2D eigenvalue weighted by atomic mass is 9.84. The maximum absolute atomic E-state index is 9.37. The number of hydrogen-bond donors (Lipinski definition) is 0. The average Bonchev–Trinajstić information content (AvgIpc) is 2.38. The van der Waals surface area contributed by atoms with Gasteiger partial charge in [-0.3, -0.25) is 4.90 Å². The van der Waals surface area contributed by atoms with Gasteiger partial charge in [0.2, 0.25) is 0 Å². The normalized spacial score (nSPS) is 26.6. The topological polar surface area (TPSA) is 30.3 Å². The zero-order valence-electron chi connectivity index (χ0n) is 11.1. The Balaban J connectivity index is 1.81. The van der Waals surface area contributed by atoms with E-state index in [4.69, 9.17) is 0 Å². The molecule has 1 aliphatic carbocycles. The first-order valence-corrected chi connectivity index (χ1v) is 7.12. The number of rotatable bonds is 3. The van der Waals surface area contributed by atoms with Crippen molar-refractivity contribution in [2.24, 2.45) is 5.92 Å². The van der Waals surface area contributed by atoms with Crippen LogP contribution in [0.2, 0.25) is 0 Å². The van der Waals surface area contributed by atoms with Gasteiger partial charge in [-0.1, -0.05) is 32.1 Å². The molecule has 0 aromatic rings. The summed E-state index contributed by atoms with van der Waals surface area (Å²) in [6.45, 7) is 4.37. The highest BCUT2D eigenvalue weighted by Gasteiger charge is 2.25. The molecule has 2 aliphatic rings. The van der Waals surface area contributed by atoms with Gasteiger partial charge in [-0.15, -0.1) is 0 Å². The lowest BCUT2D eigenvalue weighted by molar-refractivity contribution is 0.116. The van der Waals surface area contributed by atoms with Gasteiger partial charge in [-0.05, 0) is 19.4 Å². The Kier molecular flexibility index (Phi) is 4.82. The van der Waals surface area contributed by atoms with Crippen LogP contribution in [0.1, 0.15) is 38.5 Å². The Hall–Kier alpha value is -0.590. The standard InChI is InChI=1S/C14H25N3/c1-16-7-9-17(10-8-16)14(12-15)11-13-5-3-2-4-6-13/h13-14H,2-11H2,1H3. The van der Waals surface area contributed by atoms with Crippen molar-refractivity contribution in [3.8, 4) is 6.07 Å². The van der Waals surface area contributed by atoms with Crippen LogP contribution in [0, 0.1) is 17.2 Å². The first-order chi connectivity index (χ1) is 8.29. The minimum Gasteiger partial charge on any atom is -0.304 e. The minimum absolute atomic E-state index is 0.173. The summed E-state index contributed by atoms with van der Waals surface area (Å²) in [5.74, 6) is 0.813. The van der Waals surface area contributed by atoms with Gasteiger partial charge in [0, 0.05) is 26.2 Å². The van der Waals surface area contributed by atoms with Crippen LogP contribution in [0.3, 0.4) is 0 Å². The van der Waals surface area contributed by atoms with E-state index in [2.05, 4.69) is 22.9 Å². The van der Waals surface area contributed by atoms with Crippen LogP contribution in [0.4, 0.5) is 0 Å². The largest absolute Gasteiger partial charge is 0.304 e. The van der Waals surface area contributed by atoms with Gasteiger partial charge < -0.3 is 4.90 Å². The third-order valence-corrected chi connectivity index (χ3v) is 4.41. The fourth-order valence-electron chi connectivity index (χ4n) is 3.16. The maximum atomic E-state index is 9.37. The van der Waals surface area contributed by atoms with Crippen molar-refractivity contribution in [1.29, 1.82) is 5.26 Å². The first-order valence-electron chi connectivity index (χ1n) is 7.12. The Labute approximate surface area is 105 Å². The molecule has 1 unspecified atom stereocenters. The molecule has 0 aromatic heterocycles. The molecule has 1 saturated carbocycles. The van der Waals surface area contributed by atoms with Crippen LogP contribution in [-0.4, -0.2) is 49.1 Å². The van der Waals surface area contributed by atoms with Crippen LogP contribution in [0.5, 0.6) is 0 Å². The molecule has 96 valence electrons. The molecule has 1 atom stereocenters. The molecule has 0 N–H and O–H groups in total. The third kappa shape index (κ3) is 3.69. The highest BCUT2D eigenvalue weighted by atomic mass is 15.3. The summed E-state index contributed by atoms with van der Waals surface area (Å²) in [5, 5.41) is 9.37. The minimum atomic E-state index is 0.173. The smallest absolute Gasteiger partial charge is 0.0981 e. The van der Waals surface area contributed by atoms with Gasteiger partial charge in [0.25, 0.3) is 0 Å². The van der Waals surface area contributed by atoms with E-state index < -0.39 is 0 Å². The van der Waals surface area contributed by atoms with Crippen molar-refractivity contribution >= 4 is 0 Å². The molecule has 1 saturated heterocycles. The Morgan fingerprint density at radius 3 is 2.35 bits per heavy atom. The third-order valence-electron chi connectivity index (χ3n) is 4.41. The highest BCUT2D eigenvalue weighted by Crippen LogP contribution is 2.28. The fraction of sp³-hybridized carbons (Fsp3) is 0.929. The lowest BCUT2D eigenvalue weighted by Gasteiger charge is -2.36. The molecule has 3 nitrogen and oxygen atoms in total. The van der Waals surface area contributed by atoms with E-state index in [9.17, 15) is 5.26 Å². The Bertz CT molecular complexity index is 257. The van der Waals surface area contributed by atoms with E-state index in [1.807, 2.05) is 0 Å². The summed E-state index contributed by atoms with van der Waals surface area (Å²) < 4.78 is 0. The van der Waals surface area contributed by atoms with Crippen LogP contribution in [0.15, 0.2) is 0 Å². The van der Waals surface area contributed by atoms with E-state index in [-0.39, 0.29) is 6.04 Å². The van der Waals surface area contributed by atoms with Gasteiger partial charge in [0.1, 0.15) is 0 Å². The van der Waals surface area contributed by atoms with Crippen LogP contribution < -0.4 is 0 Å². The predicted molar refractivity (Wildman–Crippen MR) is 69.7 cm³/mol. The fourth-order valence-corrected chi connectivity index (χ4v) is 3.16. The molecule has 2 fully saturated rings. The number of hydrogen-bond acceptors (Lipinski definition) is 3. The van der Waals surface area contributed by atoms with Crippen LogP contribution in [0.25, 0.3) is 0 Å². The Morgan fingerprint density at radius 2 is 1.76 bits per heavy atom. The van der Waals surface area contributed by atoms with Gasteiger partial charge in [0.05, 0.1) is 12.1 Å². The molecule has 17 heavy (non-hydrogen) atoms. The van der Waals surface area contributed by atoms with E-state index in [0.717, 1.165) is 38.5 Å². The molecule has 2 rings (SSSR count).